The highest BCUT2D eigenvalue weighted by molar-refractivity contribution is 6.13. The first-order chi connectivity index (χ1) is 71.2. The number of carboxylic acids is 1. The maximum absolute atomic E-state index is 14.4. The third-order valence-electron chi connectivity index (χ3n) is 27.3. The number of primary amides is 4. The Balaban J connectivity index is 0.601. The second-order valence-electron chi connectivity index (χ2n) is 37.5. The number of fused-ring (bicyclic) bond motifs is 10. The van der Waals surface area contributed by atoms with Gasteiger partial charge in [0.25, 0.3) is 5.52 Å². The lowest BCUT2D eigenvalue weighted by Crippen LogP contribution is -2.60. The zero-order valence-electron chi connectivity index (χ0n) is 84.8. The van der Waals surface area contributed by atoms with E-state index in [1.807, 2.05) is 137 Å². The third-order valence-corrected chi connectivity index (χ3v) is 27.3. The van der Waals surface area contributed by atoms with Crippen molar-refractivity contribution in [2.45, 2.75) is 237 Å². The van der Waals surface area contributed by atoms with Crippen molar-refractivity contribution in [1.82, 2.24) is 77.8 Å². The fraction of sp³-hybridized carbons (Fsp3) is 0.429. The molecule has 149 heavy (non-hydrogen) atoms. The number of H-pyrrole nitrogens is 2. The van der Waals surface area contributed by atoms with Gasteiger partial charge in [-0.25, -0.2) is 9.97 Å². The number of Topliss-reactive ketones (excluding diaryl/α,β-unsaturated/α-hetero) is 1. The van der Waals surface area contributed by atoms with Gasteiger partial charge in [0.15, 0.2) is 11.5 Å². The van der Waals surface area contributed by atoms with Crippen LogP contribution in [0.5, 0.6) is 0 Å². The molecule has 3 aliphatic heterocycles. The first-order valence-corrected chi connectivity index (χ1v) is 49.9. The number of azo groups is 1. The number of benzene rings is 4. The zero-order valence-corrected chi connectivity index (χ0v) is 84.8. The number of amides is 13. The molecule has 0 spiro atoms. The molecule has 4 aromatic heterocycles. The quantitative estimate of drug-likeness (QED) is 0.00753. The van der Waals surface area contributed by atoms with E-state index in [0.717, 1.165) is 107 Å². The highest BCUT2D eigenvalue weighted by atomic mass is 16.7. The number of unbranched alkanes of at least 4 members (excludes halogenated alkanes) is 1. The average molecular weight is 2050 g/mol. The van der Waals surface area contributed by atoms with Gasteiger partial charge in [-0.3, -0.25) is 81.7 Å². The number of aliphatic carboxylic acids is 1. The number of carboxylic acid groups (broad SMARTS) is 1. The molecule has 22 N–H and O–H groups in total. The number of nitrogens with two attached hydrogens (primary N) is 4. The van der Waals surface area contributed by atoms with Crippen molar-refractivity contribution in [3.63, 3.8) is 0 Å². The summed E-state index contributed by atoms with van der Waals surface area (Å²) in [7, 11) is 1.88. The number of carbonyl (C=O) groups excluding carboxylic acids is 15. The van der Waals surface area contributed by atoms with Crippen molar-refractivity contribution in [1.29, 1.82) is 0 Å². The SMILES string of the molecule is C=Cc1c(C)c2cc3nc(c4c5[nH]c(cc6nc(cc1[nH]2)C(C)=C6CC)c(C)c5C(=O)C4)[C@@H](CCC(=O)N[C@H](C(=O)N[C@@H](CO)C(=O)NCC(=O)N1CCC[C@@H]1C(=O)N[C@H](CC(N)=O)C(=O)N[C@@H](CCC(N)=O)C(=O)N[C@@H](CCC(=O)O)C(=O)N[C@@H](CCC(N)=O)C(=O)N[C@@H](CCCCNOC(=O)CCCN(C)c1ccc(N=Nc2cccc4nc5ccc(N(CC)CC)cc5[n+](-c5ccccc5)c24)cc1)C(N)=O)[C@@H](C)O)[C@@H]3C. The molecule has 12 rings (SSSR count). The average Bonchev–Trinajstić information content (AvgIpc) is 1.53. The van der Waals surface area contributed by atoms with Crippen LogP contribution in [0.25, 0.3) is 67.0 Å². The first kappa shape index (κ1) is 112. The summed E-state index contributed by atoms with van der Waals surface area (Å²) in [5, 5.41) is 59.5. The number of rotatable bonds is 52. The monoisotopic (exact) mass is 2050 g/mol. The van der Waals surface area contributed by atoms with Crippen molar-refractivity contribution < 1.29 is 101 Å². The largest absolute Gasteiger partial charge is 0.481 e. The number of anilines is 2. The van der Waals surface area contributed by atoms with Gasteiger partial charge in [0, 0.05) is 159 Å². The topological polar surface area (TPSA) is 664 Å². The number of nitrogens with zero attached hydrogens (tertiary/aromatic N) is 9. The molecule has 8 bridgehead atoms. The number of likely N-dealkylation sites (tertiary alicyclic amines) is 1. The van der Waals surface area contributed by atoms with Gasteiger partial charge >= 0.3 is 11.9 Å². The van der Waals surface area contributed by atoms with Crippen LogP contribution in [-0.2, 0) is 83.2 Å². The molecule has 7 heterocycles. The molecular formula is C105H131N24O20+. The molecule has 0 radical (unpaired) electrons. The summed E-state index contributed by atoms with van der Waals surface area (Å²) in [6, 6.07) is 21.7. The number of hydrogen-bond acceptors (Lipinski definition) is 27. The van der Waals surface area contributed by atoms with Crippen molar-refractivity contribution in [2.75, 3.05) is 62.7 Å². The Morgan fingerprint density at radius 2 is 1.28 bits per heavy atom. The van der Waals surface area contributed by atoms with E-state index in [-0.39, 0.29) is 82.6 Å². The predicted octanol–water partition coefficient (Wildman–Crippen LogP) is 5.33. The van der Waals surface area contributed by atoms with Gasteiger partial charge in [0.2, 0.25) is 88.0 Å². The maximum atomic E-state index is 14.4. The van der Waals surface area contributed by atoms with E-state index in [9.17, 15) is 92.0 Å². The minimum atomic E-state index is -1.94. The summed E-state index contributed by atoms with van der Waals surface area (Å²) >= 11 is 0. The van der Waals surface area contributed by atoms with Gasteiger partial charge in [-0.2, -0.15) is 10.6 Å². The number of aliphatic hydroxyl groups is 2. The third kappa shape index (κ3) is 28.0. The molecule has 1 aliphatic carbocycles. The number of ketones is 1. The van der Waals surface area contributed by atoms with Crippen LogP contribution in [0.15, 0.2) is 126 Å². The summed E-state index contributed by atoms with van der Waals surface area (Å²) in [5.41, 5.74) is 43.7. The molecule has 8 aromatic rings. The Morgan fingerprint density at radius 1 is 0.644 bits per heavy atom. The van der Waals surface area contributed by atoms with Gasteiger partial charge in [-0.1, -0.05) is 50.8 Å². The van der Waals surface area contributed by atoms with E-state index in [4.69, 9.17) is 47.8 Å². The Hall–Kier alpha value is -16.1. The second-order valence-corrected chi connectivity index (χ2v) is 37.5. The second kappa shape index (κ2) is 51.3. The van der Waals surface area contributed by atoms with Crippen LogP contribution in [0.3, 0.4) is 0 Å². The highest BCUT2D eigenvalue weighted by Gasteiger charge is 2.42. The van der Waals surface area contributed by atoms with Gasteiger partial charge in [0.1, 0.15) is 59.4 Å². The molecule has 1 fully saturated rings. The van der Waals surface area contributed by atoms with E-state index in [1.54, 1.807) is 6.08 Å². The van der Waals surface area contributed by atoms with E-state index >= 15 is 0 Å². The zero-order chi connectivity index (χ0) is 108. The summed E-state index contributed by atoms with van der Waals surface area (Å²) < 4.78 is 2.17. The van der Waals surface area contributed by atoms with Crippen LogP contribution in [0.2, 0.25) is 0 Å². The van der Waals surface area contributed by atoms with Crippen LogP contribution >= 0.6 is 0 Å². The van der Waals surface area contributed by atoms with Crippen molar-refractivity contribution in [3.8, 4) is 5.69 Å². The molecule has 44 heteroatoms. The molecule has 0 saturated carbocycles. The number of nitrogens with one attached hydrogen (secondary N) is 11. The Labute approximate surface area is 858 Å². The number of aryl methyl sites for hydroxylation is 2. The standard InChI is InChI=1S/C105H130N24O20/c1-11-64-55(5)75-49-77-57(7)66(95(115-77)67-48-85(132)93-58(8)78(116-96(67)93)51-80-65(12-2)56(6)76(114-80)50-79(64)113-75)35-42-89(136)123-94(59(9)131)105(148)122-82(54-130)99(142)110-53-90(137)128-46-21-28-83(128)104(147)121-81(52-88(108)135)103(146)120-73(38-41-87(107)134)101(144)119-74(39-43-91(138)139)102(145)118-72(37-40-86(106)133)100(143)117-71(98(109)141)25-18-19-44-111-149-92(140)29-22-45-126(10)61-32-30-60(31-33-61)124-125-70-27-20-26-69-97(70)129(62-23-16-15-17-24-62)84-47-63(127(13-3)14-4)34-36-68(84)112-69/h11,15-17,20,23-24,26-27,30-34,36,47,49-51,57,59,66,71-74,81-83,94,111-112,130-131H,1,12-14,18-19,21-22,25,28-29,35,37-46,48,52-54H2,2-10H3,(H17,106,107,108,109,110,117,118,119,120,121,122,123,133,134,135,136,138,139,141,142,143,144,145,146,147,148)/p+1/t57-,59+,66-,71-,72-,73-,74-,81+,82-,83+,94-/m0/s1. The van der Waals surface area contributed by atoms with Crippen LogP contribution in [0.4, 0.5) is 22.7 Å². The van der Waals surface area contributed by atoms with Crippen LogP contribution in [0, 0.1) is 13.8 Å². The minimum Gasteiger partial charge on any atom is -0.481 e. The molecule has 4 aromatic carbocycles. The van der Waals surface area contributed by atoms with Gasteiger partial charge in [0.05, 0.1) is 54.0 Å². The lowest BCUT2D eigenvalue weighted by molar-refractivity contribution is -0.537. The number of aliphatic hydroxyl groups excluding tert-OH is 2. The highest BCUT2D eigenvalue weighted by Crippen LogP contribution is 2.45. The molecule has 13 amide bonds. The smallest absolute Gasteiger partial charge is 0.324 e. The first-order valence-electron chi connectivity index (χ1n) is 49.9. The fourth-order valence-electron chi connectivity index (χ4n) is 19.0. The number of aromatic amines is 2. The van der Waals surface area contributed by atoms with Gasteiger partial charge < -0.3 is 110 Å². The molecule has 44 nitrogen and oxygen atoms in total. The molecule has 1 saturated heterocycles. The van der Waals surface area contributed by atoms with E-state index in [0.29, 0.717) is 64.3 Å². The molecule has 4 aliphatic rings. The van der Waals surface area contributed by atoms with Crippen molar-refractivity contribution >= 4 is 179 Å². The number of aromatic nitrogens is 6. The number of allylic oxidation sites excluding steroid dienone is 2. The number of hydrogen-bond donors (Lipinski definition) is 18. The summed E-state index contributed by atoms with van der Waals surface area (Å²) in [6.45, 7) is 19.7. The van der Waals surface area contributed by atoms with E-state index in [2.05, 4.69) is 112 Å². The maximum Gasteiger partial charge on any atom is 0.324 e. The number of carbonyl (C=O) groups is 16. The van der Waals surface area contributed by atoms with Crippen molar-refractivity contribution in [3.05, 3.63) is 166 Å². The van der Waals surface area contributed by atoms with E-state index < -0.39 is 207 Å². The molecule has 790 valence electrons. The van der Waals surface area contributed by atoms with E-state index in [1.165, 1.54) is 6.92 Å². The summed E-state index contributed by atoms with van der Waals surface area (Å²) in [4.78, 5) is 249. The predicted molar refractivity (Wildman–Crippen MR) is 554 cm³/mol. The Bertz CT molecular complexity index is 6720. The minimum absolute atomic E-state index is 0.0398. The number of para-hydroxylation sites is 2. The number of hydroxylamine groups is 1. The van der Waals surface area contributed by atoms with Gasteiger partial charge in [-0.05, 0) is 201 Å². The van der Waals surface area contributed by atoms with Crippen LogP contribution < -0.4 is 85.3 Å². The molecular weight excluding hydrogens is 1920 g/mol. The fourth-order valence-corrected chi connectivity index (χ4v) is 19.0. The van der Waals surface area contributed by atoms with Crippen molar-refractivity contribution in [2.24, 2.45) is 33.2 Å². The summed E-state index contributed by atoms with van der Waals surface area (Å²) in [6.07, 6.45) is -3.01. The van der Waals surface area contributed by atoms with Crippen LogP contribution in [0.1, 0.15) is 218 Å². The molecule has 11 atom stereocenters. The van der Waals surface area contributed by atoms with Crippen LogP contribution in [-0.4, -0.2) is 247 Å². The Morgan fingerprint density at radius 3 is 1.91 bits per heavy atom. The Kier molecular flexibility index (Phi) is 38.4. The van der Waals surface area contributed by atoms with Gasteiger partial charge in [-0.15, -0.1) is 9.68 Å². The lowest BCUT2D eigenvalue weighted by atomic mass is 9.85. The lowest BCUT2D eigenvalue weighted by Gasteiger charge is -2.28. The molecule has 0 unspecified atom stereocenters. The normalized spacial score (nSPS) is 15.8. The summed E-state index contributed by atoms with van der Waals surface area (Å²) in [5.74, 6) is -16.8.